The van der Waals surface area contributed by atoms with Crippen molar-refractivity contribution in [1.29, 1.82) is 0 Å². The predicted octanol–water partition coefficient (Wildman–Crippen LogP) is 6.13. The van der Waals surface area contributed by atoms with Crippen molar-refractivity contribution in [3.05, 3.63) is 97.3 Å². The third kappa shape index (κ3) is 6.36. The van der Waals surface area contributed by atoms with E-state index < -0.39 is 0 Å². The van der Waals surface area contributed by atoms with E-state index in [1.807, 2.05) is 48.4 Å². The van der Waals surface area contributed by atoms with Gasteiger partial charge in [0.05, 0.1) is 49.5 Å². The number of carbonyl (C=O) groups is 1. The molecule has 10 nitrogen and oxygen atoms in total. The van der Waals surface area contributed by atoms with E-state index in [0.717, 1.165) is 23.2 Å². The number of carbonyl (C=O) groups excluding carboxylic acids is 1. The monoisotopic (exact) mass is 592 g/mol. The van der Waals surface area contributed by atoms with Gasteiger partial charge in [0.1, 0.15) is 17.9 Å². The topological polar surface area (TPSA) is 101 Å². The normalized spacial score (nSPS) is 18.1. The molecular weight excluding hydrogens is 556 g/mol. The maximum absolute atomic E-state index is 12.4. The van der Waals surface area contributed by atoms with Gasteiger partial charge in [0.25, 0.3) is 0 Å². The largest absolute Gasteiger partial charge is 0.494 e. The van der Waals surface area contributed by atoms with Crippen LogP contribution in [0.1, 0.15) is 24.9 Å². The van der Waals surface area contributed by atoms with Gasteiger partial charge >= 0.3 is 0 Å². The zero-order valence-corrected chi connectivity index (χ0v) is 24.9. The number of methoxy groups -OCH3 is 1. The van der Waals surface area contributed by atoms with Crippen molar-refractivity contribution in [1.82, 2.24) is 9.97 Å². The molecule has 2 aliphatic heterocycles. The Morgan fingerprint density at radius 2 is 1.86 bits per heavy atom. The van der Waals surface area contributed by atoms with Crippen molar-refractivity contribution < 1.29 is 19.1 Å². The van der Waals surface area contributed by atoms with Gasteiger partial charge in [-0.15, -0.1) is 0 Å². The van der Waals surface area contributed by atoms with Crippen molar-refractivity contribution in [2.75, 3.05) is 54.0 Å². The first kappa shape index (κ1) is 29.2. The first-order valence-electron chi connectivity index (χ1n) is 14.7. The molecule has 0 saturated carbocycles. The minimum Gasteiger partial charge on any atom is -0.494 e. The van der Waals surface area contributed by atoms with Gasteiger partial charge in [0.15, 0.2) is 5.82 Å². The summed E-state index contributed by atoms with van der Waals surface area (Å²) in [5.41, 5.74) is 5.57. The highest BCUT2D eigenvalue weighted by Gasteiger charge is 2.30. The Balaban J connectivity index is 1.28. The summed E-state index contributed by atoms with van der Waals surface area (Å²) < 4.78 is 11.5. The molecule has 0 aliphatic carbocycles. The van der Waals surface area contributed by atoms with E-state index in [4.69, 9.17) is 14.3 Å². The Morgan fingerprint density at radius 1 is 1.02 bits per heavy atom. The number of hydrogen-bond acceptors (Lipinski definition) is 9. The number of rotatable bonds is 9. The molecule has 4 aromatic rings. The molecule has 226 valence electrons. The molecule has 3 aromatic carbocycles. The van der Waals surface area contributed by atoms with Gasteiger partial charge < -0.3 is 25.0 Å². The highest BCUT2D eigenvalue weighted by atomic mass is 16.7. The van der Waals surface area contributed by atoms with Gasteiger partial charge in [0, 0.05) is 31.6 Å². The lowest BCUT2D eigenvalue weighted by atomic mass is 9.98. The number of amides is 1. The fourth-order valence-corrected chi connectivity index (χ4v) is 5.65. The first-order valence-corrected chi connectivity index (χ1v) is 14.7. The summed E-state index contributed by atoms with van der Waals surface area (Å²) in [6, 6.07) is 24.5. The summed E-state index contributed by atoms with van der Waals surface area (Å²) in [5.74, 6) is 1.48. The number of aromatic nitrogens is 2. The van der Waals surface area contributed by atoms with Crippen LogP contribution in [-0.4, -0.2) is 55.4 Å². The van der Waals surface area contributed by atoms with Crippen molar-refractivity contribution in [3.63, 3.8) is 0 Å². The van der Waals surface area contributed by atoms with E-state index >= 15 is 0 Å². The van der Waals surface area contributed by atoms with E-state index in [1.54, 1.807) is 7.11 Å². The predicted molar refractivity (Wildman–Crippen MR) is 172 cm³/mol. The molecule has 0 spiro atoms. The quantitative estimate of drug-likeness (QED) is 0.222. The summed E-state index contributed by atoms with van der Waals surface area (Å²) in [6.07, 6.45) is 3.65. The van der Waals surface area contributed by atoms with Crippen LogP contribution in [0.5, 0.6) is 5.75 Å². The van der Waals surface area contributed by atoms with Crippen LogP contribution < -0.4 is 25.3 Å². The van der Waals surface area contributed by atoms with Gasteiger partial charge in [-0.1, -0.05) is 55.1 Å². The Hall–Kier alpha value is -4.93. The summed E-state index contributed by atoms with van der Waals surface area (Å²) in [4.78, 5) is 29.7. The molecule has 3 heterocycles. The highest BCUT2D eigenvalue weighted by molar-refractivity contribution is 6.02. The number of nitrogens with zero attached hydrogens (tertiary/aromatic N) is 4. The van der Waals surface area contributed by atoms with Crippen LogP contribution >= 0.6 is 0 Å². The SMILES string of the molecule is C=CC(=O)Nc1cc(Nc2cc(N3OCC[C@@H]3c3cccc(-c4ccccc4)c3)ncn2)c(OC)cc1N1CCO[C@H](C)C1. The van der Waals surface area contributed by atoms with Crippen LogP contribution in [0.4, 0.5) is 28.7 Å². The smallest absolute Gasteiger partial charge is 0.247 e. The third-order valence-corrected chi connectivity index (χ3v) is 7.77. The van der Waals surface area contributed by atoms with Gasteiger partial charge in [0.2, 0.25) is 5.91 Å². The summed E-state index contributed by atoms with van der Waals surface area (Å²) in [5, 5.41) is 8.17. The fourth-order valence-electron chi connectivity index (χ4n) is 5.65. The number of hydrogen-bond donors (Lipinski definition) is 2. The van der Waals surface area contributed by atoms with E-state index in [2.05, 4.69) is 68.5 Å². The van der Waals surface area contributed by atoms with Crippen molar-refractivity contribution in [2.24, 2.45) is 0 Å². The molecule has 44 heavy (non-hydrogen) atoms. The lowest BCUT2D eigenvalue weighted by molar-refractivity contribution is -0.111. The second-order valence-corrected chi connectivity index (χ2v) is 10.7. The molecule has 0 unspecified atom stereocenters. The number of benzene rings is 3. The molecule has 10 heteroatoms. The summed E-state index contributed by atoms with van der Waals surface area (Å²) >= 11 is 0. The summed E-state index contributed by atoms with van der Waals surface area (Å²) in [6.45, 7) is 8.20. The number of ether oxygens (including phenoxy) is 2. The Bertz CT molecular complexity index is 1630. The molecule has 2 fully saturated rings. The minimum atomic E-state index is -0.304. The minimum absolute atomic E-state index is 0.00753. The number of morpholine rings is 1. The van der Waals surface area contributed by atoms with Crippen LogP contribution in [0, 0.1) is 0 Å². The Labute approximate surface area is 257 Å². The maximum Gasteiger partial charge on any atom is 0.247 e. The van der Waals surface area contributed by atoms with Gasteiger partial charge in [-0.25, -0.2) is 15.0 Å². The lowest BCUT2D eigenvalue weighted by Crippen LogP contribution is -2.41. The zero-order chi connectivity index (χ0) is 30.5. The molecule has 0 radical (unpaired) electrons. The molecule has 2 saturated heterocycles. The average molecular weight is 593 g/mol. The van der Waals surface area contributed by atoms with Gasteiger partial charge in [-0.05, 0) is 41.8 Å². The van der Waals surface area contributed by atoms with E-state index in [-0.39, 0.29) is 18.1 Å². The first-order chi connectivity index (χ1) is 21.5. The zero-order valence-electron chi connectivity index (χ0n) is 24.9. The van der Waals surface area contributed by atoms with Crippen LogP contribution in [0.15, 0.2) is 91.8 Å². The van der Waals surface area contributed by atoms with Crippen molar-refractivity contribution >= 4 is 34.6 Å². The molecule has 2 atom stereocenters. The standard InChI is InChI=1S/C34H36N6O4/c1-4-34(41)38-27-18-28(31(42-3)19-30(27)39-14-16-43-23(2)21-39)37-32-20-33(36-22-35-32)40-29(13-15-44-40)26-12-8-11-25(17-26)24-9-6-5-7-10-24/h4-12,17-20,22-23,29H,1,13-16,21H2,2-3H3,(H,38,41)(H,35,36,37)/t23-,29-/m1/s1. The molecule has 2 aliphatic rings. The van der Waals surface area contributed by atoms with Crippen molar-refractivity contribution in [3.8, 4) is 16.9 Å². The summed E-state index contributed by atoms with van der Waals surface area (Å²) in [7, 11) is 1.62. The third-order valence-electron chi connectivity index (χ3n) is 7.77. The van der Waals surface area contributed by atoms with Crippen LogP contribution in [0.25, 0.3) is 11.1 Å². The molecule has 1 aromatic heterocycles. The average Bonchev–Trinajstić information content (AvgIpc) is 3.56. The molecule has 1 amide bonds. The molecule has 0 bridgehead atoms. The Kier molecular flexibility index (Phi) is 8.71. The number of hydroxylamine groups is 1. The van der Waals surface area contributed by atoms with Gasteiger partial charge in [-0.2, -0.15) is 0 Å². The molecule has 2 N–H and O–H groups in total. The van der Waals surface area contributed by atoms with Crippen molar-refractivity contribution in [2.45, 2.75) is 25.5 Å². The highest BCUT2D eigenvalue weighted by Crippen LogP contribution is 2.40. The van der Waals surface area contributed by atoms with E-state index in [0.29, 0.717) is 55.1 Å². The van der Waals surface area contributed by atoms with E-state index in [1.165, 1.54) is 18.0 Å². The molecular formula is C34H36N6O4. The Morgan fingerprint density at radius 3 is 2.66 bits per heavy atom. The number of anilines is 5. The molecule has 6 rings (SSSR count). The van der Waals surface area contributed by atoms with Gasteiger partial charge in [-0.3, -0.25) is 9.63 Å². The van der Waals surface area contributed by atoms with Crippen LogP contribution in [0.2, 0.25) is 0 Å². The number of nitrogens with one attached hydrogen (secondary N) is 2. The maximum atomic E-state index is 12.4. The van der Waals surface area contributed by atoms with Crippen LogP contribution in [0.3, 0.4) is 0 Å². The fraction of sp³-hybridized carbons (Fsp3) is 0.265. The second-order valence-electron chi connectivity index (χ2n) is 10.7. The van der Waals surface area contributed by atoms with E-state index in [9.17, 15) is 4.79 Å². The second kappa shape index (κ2) is 13.2. The van der Waals surface area contributed by atoms with Crippen LogP contribution in [-0.2, 0) is 14.4 Å². The lowest BCUT2D eigenvalue weighted by Gasteiger charge is -2.34.